The highest BCUT2D eigenvalue weighted by Gasteiger charge is 2.31. The summed E-state index contributed by atoms with van der Waals surface area (Å²) in [5, 5.41) is 6.23. The van der Waals surface area contributed by atoms with Crippen LogP contribution in [0, 0.1) is 11.8 Å². The zero-order chi connectivity index (χ0) is 18.4. The van der Waals surface area contributed by atoms with E-state index in [0.29, 0.717) is 25.0 Å². The van der Waals surface area contributed by atoms with Gasteiger partial charge in [0, 0.05) is 25.7 Å². The van der Waals surface area contributed by atoms with E-state index in [4.69, 9.17) is 0 Å². The molecule has 2 aliphatic rings. The third kappa shape index (κ3) is 4.99. The van der Waals surface area contributed by atoms with Crippen LogP contribution in [0.5, 0.6) is 0 Å². The first-order valence-corrected chi connectivity index (χ1v) is 10.0. The van der Waals surface area contributed by atoms with E-state index in [1.807, 2.05) is 30.3 Å². The third-order valence-corrected chi connectivity index (χ3v) is 5.81. The van der Waals surface area contributed by atoms with Crippen molar-refractivity contribution in [2.45, 2.75) is 58.0 Å². The number of carbonyl (C=O) groups excluding carboxylic acids is 2. The molecule has 1 aliphatic carbocycles. The molecule has 0 spiro atoms. The van der Waals surface area contributed by atoms with E-state index in [2.05, 4.69) is 17.6 Å². The smallest absolute Gasteiger partial charge is 0.317 e. The topological polar surface area (TPSA) is 61.4 Å². The van der Waals surface area contributed by atoms with Gasteiger partial charge < -0.3 is 15.5 Å². The number of nitrogens with one attached hydrogen (secondary N) is 2. The number of benzene rings is 1. The lowest BCUT2D eigenvalue weighted by Crippen LogP contribution is -2.51. The van der Waals surface area contributed by atoms with E-state index in [-0.39, 0.29) is 17.9 Å². The molecule has 142 valence electrons. The number of hydrogen-bond acceptors (Lipinski definition) is 2. The third-order valence-electron chi connectivity index (χ3n) is 5.81. The van der Waals surface area contributed by atoms with Crippen molar-refractivity contribution in [2.75, 3.05) is 13.1 Å². The van der Waals surface area contributed by atoms with Crippen LogP contribution < -0.4 is 10.6 Å². The molecule has 0 bridgehead atoms. The monoisotopic (exact) mass is 357 g/mol. The summed E-state index contributed by atoms with van der Waals surface area (Å²) in [6.07, 6.45) is 6.51. The molecule has 1 aromatic carbocycles. The molecule has 0 radical (unpaired) electrons. The first-order chi connectivity index (χ1) is 12.6. The molecule has 0 unspecified atom stereocenters. The summed E-state index contributed by atoms with van der Waals surface area (Å²) in [6, 6.07) is 10.1. The van der Waals surface area contributed by atoms with E-state index < -0.39 is 0 Å². The summed E-state index contributed by atoms with van der Waals surface area (Å²) in [4.78, 5) is 26.9. The molecule has 1 heterocycles. The minimum absolute atomic E-state index is 0.0719. The van der Waals surface area contributed by atoms with Crippen LogP contribution in [0.2, 0.25) is 0 Å². The molecule has 3 amide bonds. The fourth-order valence-corrected chi connectivity index (χ4v) is 4.09. The molecule has 2 fully saturated rings. The van der Waals surface area contributed by atoms with Gasteiger partial charge >= 0.3 is 6.03 Å². The number of likely N-dealkylation sites (tertiary alicyclic amines) is 1. The molecule has 2 N–H and O–H groups in total. The van der Waals surface area contributed by atoms with Gasteiger partial charge in [0.05, 0.1) is 5.92 Å². The Balaban J connectivity index is 1.48. The van der Waals surface area contributed by atoms with Crippen LogP contribution in [0.3, 0.4) is 0 Å². The number of carbonyl (C=O) groups is 2. The standard InChI is InChI=1S/C21H31N3O2/c1-16-8-5-6-12-19(16)23-20(25)18-11-7-13-24(15-18)21(26)22-14-17-9-3-2-4-10-17/h2-4,9-10,16,18-19H,5-8,11-15H2,1H3,(H,22,26)(H,23,25)/t16-,18-,19-/m1/s1. The summed E-state index contributed by atoms with van der Waals surface area (Å²) >= 11 is 0. The molecule has 5 heteroatoms. The molecule has 0 aromatic heterocycles. The van der Waals surface area contributed by atoms with Crippen molar-refractivity contribution in [3.8, 4) is 0 Å². The quantitative estimate of drug-likeness (QED) is 0.868. The number of urea groups is 1. The Morgan fingerprint density at radius 1 is 1.08 bits per heavy atom. The van der Waals surface area contributed by atoms with Gasteiger partial charge in [0.25, 0.3) is 0 Å². The van der Waals surface area contributed by atoms with E-state index in [1.165, 1.54) is 19.3 Å². The van der Waals surface area contributed by atoms with Gasteiger partial charge in [-0.25, -0.2) is 4.79 Å². The summed E-state index contributed by atoms with van der Waals surface area (Å²) in [7, 11) is 0. The van der Waals surface area contributed by atoms with E-state index >= 15 is 0 Å². The van der Waals surface area contributed by atoms with Gasteiger partial charge in [-0.15, -0.1) is 0 Å². The second-order valence-electron chi connectivity index (χ2n) is 7.81. The minimum Gasteiger partial charge on any atom is -0.353 e. The molecule has 1 saturated carbocycles. The SMILES string of the molecule is C[C@@H]1CCCC[C@H]1NC(=O)[C@@H]1CCCN(C(=O)NCc2ccccc2)C1. The first-order valence-electron chi connectivity index (χ1n) is 10.0. The van der Waals surface area contributed by atoms with Crippen molar-refractivity contribution in [1.29, 1.82) is 0 Å². The second kappa shape index (κ2) is 9.06. The fourth-order valence-electron chi connectivity index (χ4n) is 4.09. The van der Waals surface area contributed by atoms with Gasteiger partial charge in [-0.1, -0.05) is 50.1 Å². The van der Waals surface area contributed by atoms with Crippen LogP contribution in [0.1, 0.15) is 51.0 Å². The van der Waals surface area contributed by atoms with Crippen molar-refractivity contribution in [2.24, 2.45) is 11.8 Å². The van der Waals surface area contributed by atoms with Crippen molar-refractivity contribution < 1.29 is 9.59 Å². The lowest BCUT2D eigenvalue weighted by atomic mass is 9.85. The zero-order valence-electron chi connectivity index (χ0n) is 15.7. The Morgan fingerprint density at radius 2 is 1.85 bits per heavy atom. The van der Waals surface area contributed by atoms with Gasteiger partial charge in [-0.3, -0.25) is 4.79 Å². The second-order valence-corrected chi connectivity index (χ2v) is 7.81. The summed E-state index contributed by atoms with van der Waals surface area (Å²) in [6.45, 7) is 4.00. The number of piperidine rings is 1. The highest BCUT2D eigenvalue weighted by atomic mass is 16.2. The maximum Gasteiger partial charge on any atom is 0.317 e. The van der Waals surface area contributed by atoms with Crippen molar-refractivity contribution >= 4 is 11.9 Å². The Kier molecular flexibility index (Phi) is 6.53. The van der Waals surface area contributed by atoms with E-state index in [1.54, 1.807) is 4.90 Å². The Hall–Kier alpha value is -2.04. The average molecular weight is 357 g/mol. The van der Waals surface area contributed by atoms with Crippen LogP contribution in [-0.2, 0) is 11.3 Å². The molecule has 1 saturated heterocycles. The minimum atomic E-state index is -0.0830. The van der Waals surface area contributed by atoms with Crippen molar-refractivity contribution in [3.05, 3.63) is 35.9 Å². The number of amides is 3. The first kappa shape index (κ1) is 18.7. The number of rotatable bonds is 4. The average Bonchev–Trinajstić information content (AvgIpc) is 2.69. The predicted molar refractivity (Wildman–Crippen MR) is 103 cm³/mol. The molecular formula is C21H31N3O2. The van der Waals surface area contributed by atoms with Crippen LogP contribution in [0.15, 0.2) is 30.3 Å². The maximum atomic E-state index is 12.7. The summed E-state index contributed by atoms with van der Waals surface area (Å²) in [5.74, 6) is 0.603. The molecule has 3 rings (SSSR count). The van der Waals surface area contributed by atoms with Crippen LogP contribution in [0.25, 0.3) is 0 Å². The van der Waals surface area contributed by atoms with Crippen molar-refractivity contribution in [3.63, 3.8) is 0 Å². The Morgan fingerprint density at radius 3 is 2.62 bits per heavy atom. The molecule has 3 atom stereocenters. The Labute approximate surface area is 156 Å². The van der Waals surface area contributed by atoms with Gasteiger partial charge in [-0.2, -0.15) is 0 Å². The number of hydrogen-bond donors (Lipinski definition) is 2. The fraction of sp³-hybridized carbons (Fsp3) is 0.619. The van der Waals surface area contributed by atoms with E-state index in [0.717, 1.165) is 31.4 Å². The Bertz CT molecular complexity index is 605. The molecule has 26 heavy (non-hydrogen) atoms. The van der Waals surface area contributed by atoms with Crippen LogP contribution in [-0.4, -0.2) is 36.0 Å². The lowest BCUT2D eigenvalue weighted by Gasteiger charge is -2.35. The van der Waals surface area contributed by atoms with Crippen LogP contribution >= 0.6 is 0 Å². The molecular weight excluding hydrogens is 326 g/mol. The summed E-state index contributed by atoms with van der Waals surface area (Å²) < 4.78 is 0. The molecule has 1 aromatic rings. The zero-order valence-corrected chi connectivity index (χ0v) is 15.7. The van der Waals surface area contributed by atoms with Gasteiger partial charge in [0.1, 0.15) is 0 Å². The lowest BCUT2D eigenvalue weighted by molar-refractivity contribution is -0.127. The number of nitrogens with zero attached hydrogens (tertiary/aromatic N) is 1. The largest absolute Gasteiger partial charge is 0.353 e. The highest BCUT2D eigenvalue weighted by Crippen LogP contribution is 2.25. The van der Waals surface area contributed by atoms with Gasteiger partial charge in [0.15, 0.2) is 0 Å². The summed E-state index contributed by atoms with van der Waals surface area (Å²) in [5.41, 5.74) is 1.08. The van der Waals surface area contributed by atoms with E-state index in [9.17, 15) is 9.59 Å². The van der Waals surface area contributed by atoms with Crippen LogP contribution in [0.4, 0.5) is 4.79 Å². The van der Waals surface area contributed by atoms with Gasteiger partial charge in [0.2, 0.25) is 5.91 Å². The maximum absolute atomic E-state index is 12.7. The normalized spacial score (nSPS) is 26.2. The molecule has 5 nitrogen and oxygen atoms in total. The molecule has 1 aliphatic heterocycles. The van der Waals surface area contributed by atoms with Gasteiger partial charge in [-0.05, 0) is 37.2 Å². The highest BCUT2D eigenvalue weighted by molar-refractivity contribution is 5.81. The van der Waals surface area contributed by atoms with Crippen molar-refractivity contribution in [1.82, 2.24) is 15.5 Å². The predicted octanol–water partition coefficient (Wildman–Crippen LogP) is 3.30.